The summed E-state index contributed by atoms with van der Waals surface area (Å²) in [7, 11) is 0. The van der Waals surface area contributed by atoms with Gasteiger partial charge in [-0.05, 0) is 29.7 Å². The molecular weight excluding hydrogens is 219 g/mol. The third-order valence-electron chi connectivity index (χ3n) is 2.06. The van der Waals surface area contributed by atoms with Crippen molar-refractivity contribution in [1.29, 1.82) is 0 Å². The average Bonchev–Trinajstić information content (AvgIpc) is 2.46. The van der Waals surface area contributed by atoms with Gasteiger partial charge in [0.25, 0.3) is 0 Å². The van der Waals surface area contributed by atoms with Gasteiger partial charge in [0.05, 0.1) is 0 Å². The van der Waals surface area contributed by atoms with E-state index in [1.807, 2.05) is 12.1 Å². The highest BCUT2D eigenvalue weighted by molar-refractivity contribution is 9.09. The number of allylic oxidation sites excluding steroid dienone is 1. The first kappa shape index (κ1) is 7.99. The Morgan fingerprint density at radius 2 is 2.25 bits per heavy atom. The Balaban J connectivity index is 2.42. The second kappa shape index (κ2) is 3.02. The molecule has 2 rings (SSSR count). The highest BCUT2D eigenvalue weighted by Gasteiger charge is 2.11. The van der Waals surface area contributed by atoms with Crippen LogP contribution in [0.2, 0.25) is 0 Å². The van der Waals surface area contributed by atoms with Gasteiger partial charge in [0, 0.05) is 5.33 Å². The molecule has 0 saturated heterocycles. The molecule has 62 valence electrons. The van der Waals surface area contributed by atoms with Gasteiger partial charge in [0.1, 0.15) is 5.82 Å². The van der Waals surface area contributed by atoms with Crippen LogP contribution in [0.25, 0.3) is 6.08 Å². The van der Waals surface area contributed by atoms with Crippen LogP contribution in [0.3, 0.4) is 0 Å². The fraction of sp³-hybridized carbons (Fsp3) is 0.200. The summed E-state index contributed by atoms with van der Waals surface area (Å²) in [5.41, 5.74) is 3.57. The van der Waals surface area contributed by atoms with Crippen LogP contribution >= 0.6 is 15.9 Å². The fourth-order valence-electron chi connectivity index (χ4n) is 1.46. The summed E-state index contributed by atoms with van der Waals surface area (Å²) in [6.45, 7) is 0. The molecule has 0 nitrogen and oxygen atoms in total. The normalized spacial score (nSPS) is 14.3. The standard InChI is InChI=1S/C10H8BrF/c11-6-7-3-8-1-2-10(12)5-9(8)4-7/h1-2,4-5H,3,6H2. The van der Waals surface area contributed by atoms with Crippen LogP contribution in [-0.4, -0.2) is 5.33 Å². The number of alkyl halides is 1. The van der Waals surface area contributed by atoms with Gasteiger partial charge in [-0.15, -0.1) is 0 Å². The fourth-order valence-corrected chi connectivity index (χ4v) is 1.82. The van der Waals surface area contributed by atoms with Gasteiger partial charge >= 0.3 is 0 Å². The van der Waals surface area contributed by atoms with Crippen LogP contribution < -0.4 is 0 Å². The predicted octanol–water partition coefficient (Wildman–Crippen LogP) is 3.16. The molecule has 1 aliphatic rings. The van der Waals surface area contributed by atoms with Crippen molar-refractivity contribution in [2.24, 2.45) is 0 Å². The Labute approximate surface area is 79.2 Å². The average molecular weight is 227 g/mol. The summed E-state index contributed by atoms with van der Waals surface area (Å²) in [6.07, 6.45) is 3.01. The molecule has 0 aliphatic heterocycles. The molecule has 0 aromatic heterocycles. The molecule has 0 unspecified atom stereocenters. The molecule has 0 saturated carbocycles. The number of rotatable bonds is 1. The number of fused-ring (bicyclic) bond motifs is 1. The summed E-state index contributed by atoms with van der Waals surface area (Å²) < 4.78 is 12.8. The Morgan fingerprint density at radius 1 is 1.42 bits per heavy atom. The highest BCUT2D eigenvalue weighted by Crippen LogP contribution is 2.26. The largest absolute Gasteiger partial charge is 0.207 e. The summed E-state index contributed by atoms with van der Waals surface area (Å²) in [6, 6.07) is 4.96. The van der Waals surface area contributed by atoms with E-state index >= 15 is 0 Å². The van der Waals surface area contributed by atoms with E-state index in [9.17, 15) is 4.39 Å². The van der Waals surface area contributed by atoms with E-state index in [0.29, 0.717) is 0 Å². The van der Waals surface area contributed by atoms with Crippen LogP contribution in [0.4, 0.5) is 4.39 Å². The second-order valence-corrected chi connectivity index (χ2v) is 3.52. The Morgan fingerprint density at radius 3 is 3.00 bits per heavy atom. The Bertz CT molecular complexity index is 342. The number of hydrogen-bond donors (Lipinski definition) is 0. The van der Waals surface area contributed by atoms with E-state index in [1.165, 1.54) is 17.2 Å². The van der Waals surface area contributed by atoms with Crippen molar-refractivity contribution in [3.8, 4) is 0 Å². The number of hydrogen-bond acceptors (Lipinski definition) is 0. The molecule has 12 heavy (non-hydrogen) atoms. The molecule has 0 heterocycles. The summed E-state index contributed by atoms with van der Waals surface area (Å²) in [5, 5.41) is 0.878. The van der Waals surface area contributed by atoms with Crippen molar-refractivity contribution < 1.29 is 4.39 Å². The zero-order chi connectivity index (χ0) is 8.55. The molecule has 0 N–H and O–H groups in total. The summed E-state index contributed by atoms with van der Waals surface area (Å²) >= 11 is 3.39. The van der Waals surface area contributed by atoms with Gasteiger partial charge in [-0.25, -0.2) is 4.39 Å². The number of halogens is 2. The van der Waals surface area contributed by atoms with E-state index in [1.54, 1.807) is 6.07 Å². The van der Waals surface area contributed by atoms with Crippen molar-refractivity contribution in [3.05, 3.63) is 40.7 Å². The van der Waals surface area contributed by atoms with E-state index in [0.717, 1.165) is 17.3 Å². The molecule has 1 aliphatic carbocycles. The second-order valence-electron chi connectivity index (χ2n) is 2.96. The zero-order valence-electron chi connectivity index (χ0n) is 6.48. The molecular formula is C10H8BrF. The molecule has 1 aromatic rings. The molecule has 1 aromatic carbocycles. The van der Waals surface area contributed by atoms with Gasteiger partial charge in [-0.3, -0.25) is 0 Å². The van der Waals surface area contributed by atoms with E-state index in [-0.39, 0.29) is 5.82 Å². The third kappa shape index (κ3) is 1.31. The maximum absolute atomic E-state index is 12.8. The summed E-state index contributed by atoms with van der Waals surface area (Å²) in [5.74, 6) is -0.152. The van der Waals surface area contributed by atoms with Gasteiger partial charge in [-0.2, -0.15) is 0 Å². The molecule has 0 bridgehead atoms. The van der Waals surface area contributed by atoms with Gasteiger partial charge in [0.2, 0.25) is 0 Å². The van der Waals surface area contributed by atoms with Crippen LogP contribution in [0.5, 0.6) is 0 Å². The van der Waals surface area contributed by atoms with Gasteiger partial charge in [-0.1, -0.05) is 33.6 Å². The topological polar surface area (TPSA) is 0 Å². The molecule has 0 atom stereocenters. The molecule has 0 spiro atoms. The number of benzene rings is 1. The zero-order valence-corrected chi connectivity index (χ0v) is 8.07. The lowest BCUT2D eigenvalue weighted by Gasteiger charge is -1.96. The van der Waals surface area contributed by atoms with Gasteiger partial charge in [0.15, 0.2) is 0 Å². The van der Waals surface area contributed by atoms with Crippen LogP contribution in [-0.2, 0) is 6.42 Å². The van der Waals surface area contributed by atoms with Crippen molar-refractivity contribution >= 4 is 22.0 Å². The lowest BCUT2D eigenvalue weighted by atomic mass is 10.1. The van der Waals surface area contributed by atoms with Crippen LogP contribution in [0.15, 0.2) is 23.8 Å². The quantitative estimate of drug-likeness (QED) is 0.646. The lowest BCUT2D eigenvalue weighted by molar-refractivity contribution is 0.627. The van der Waals surface area contributed by atoms with Crippen LogP contribution in [0, 0.1) is 5.82 Å². The lowest BCUT2D eigenvalue weighted by Crippen LogP contribution is -1.85. The molecule has 0 amide bonds. The first-order valence-corrected chi connectivity index (χ1v) is 4.95. The maximum atomic E-state index is 12.8. The monoisotopic (exact) mass is 226 g/mol. The van der Waals surface area contributed by atoms with E-state index in [4.69, 9.17) is 0 Å². The first-order chi connectivity index (χ1) is 5.79. The third-order valence-corrected chi connectivity index (χ3v) is 2.78. The molecule has 2 heteroatoms. The maximum Gasteiger partial charge on any atom is 0.123 e. The first-order valence-electron chi connectivity index (χ1n) is 3.83. The van der Waals surface area contributed by atoms with Crippen molar-refractivity contribution in [2.45, 2.75) is 6.42 Å². The Kier molecular flexibility index (Phi) is 2.01. The smallest absolute Gasteiger partial charge is 0.123 e. The van der Waals surface area contributed by atoms with E-state index < -0.39 is 0 Å². The summed E-state index contributed by atoms with van der Waals surface area (Å²) in [4.78, 5) is 0. The molecule has 0 fully saturated rings. The van der Waals surface area contributed by atoms with Crippen molar-refractivity contribution in [2.75, 3.05) is 5.33 Å². The predicted molar refractivity (Wildman–Crippen MR) is 51.9 cm³/mol. The van der Waals surface area contributed by atoms with E-state index in [2.05, 4.69) is 15.9 Å². The van der Waals surface area contributed by atoms with Gasteiger partial charge < -0.3 is 0 Å². The van der Waals surface area contributed by atoms with Crippen LogP contribution in [0.1, 0.15) is 11.1 Å². The SMILES string of the molecule is Fc1ccc2c(c1)C=C(CBr)C2. The van der Waals surface area contributed by atoms with Crippen molar-refractivity contribution in [3.63, 3.8) is 0 Å². The minimum absolute atomic E-state index is 0.152. The van der Waals surface area contributed by atoms with Crippen molar-refractivity contribution in [1.82, 2.24) is 0 Å². The Hall–Kier alpha value is -0.630. The minimum atomic E-state index is -0.152. The highest BCUT2D eigenvalue weighted by atomic mass is 79.9. The minimum Gasteiger partial charge on any atom is -0.207 e. The molecule has 0 radical (unpaired) electrons.